The summed E-state index contributed by atoms with van der Waals surface area (Å²) < 4.78 is 0. The van der Waals surface area contributed by atoms with Crippen LogP contribution in [0.15, 0.2) is 6.07 Å². The minimum Gasteiger partial charge on any atom is -0.397 e. The van der Waals surface area contributed by atoms with Crippen molar-refractivity contribution in [1.82, 2.24) is 0 Å². The molecule has 0 aliphatic heterocycles. The summed E-state index contributed by atoms with van der Waals surface area (Å²) in [7, 11) is 45.4. The molecule has 0 fully saturated rings. The highest BCUT2D eigenvalue weighted by atomic mass is 33.5. The highest BCUT2D eigenvalue weighted by Gasteiger charge is 2.72. The van der Waals surface area contributed by atoms with Gasteiger partial charge in [-0.25, -0.2) is 0 Å². The van der Waals surface area contributed by atoms with E-state index in [1.54, 1.807) is 124 Å². The molecule has 1 aromatic carbocycles. The predicted octanol–water partition coefficient (Wildman–Crippen LogP) is 4.68. The number of nitrogens with two attached hydrogens (primary N) is 2. The summed E-state index contributed by atoms with van der Waals surface area (Å²) in [5.74, 6) is 0. The van der Waals surface area contributed by atoms with Crippen LogP contribution in [0, 0.1) is 10.8 Å². The van der Waals surface area contributed by atoms with Crippen LogP contribution in [0.25, 0.3) is 0 Å². The van der Waals surface area contributed by atoms with Gasteiger partial charge in [-0.15, -0.1) is 0 Å². The third kappa shape index (κ3) is 13.2. The fraction of sp³-hybridized carbons (Fsp3) is 0.700. The van der Waals surface area contributed by atoms with Gasteiger partial charge in [-0.1, -0.05) is 62.3 Å². The van der Waals surface area contributed by atoms with Crippen molar-refractivity contribution in [2.75, 3.05) is 11.5 Å². The lowest BCUT2D eigenvalue weighted by atomic mass is 9.47. The molecule has 0 bridgehead atoms. The minimum atomic E-state index is -0.000926. The van der Waals surface area contributed by atoms with E-state index in [1.165, 1.54) is 34.5 Å². The summed E-state index contributed by atoms with van der Waals surface area (Å²) in [5, 5.41) is 0. The van der Waals surface area contributed by atoms with Gasteiger partial charge < -0.3 is 11.5 Å². The Morgan fingerprint density at radius 2 is 0.660 bits per heavy atom. The maximum atomic E-state index is 6.50. The van der Waals surface area contributed by atoms with Crippen molar-refractivity contribution >= 4 is 265 Å². The van der Waals surface area contributed by atoms with Crippen molar-refractivity contribution in [2.24, 2.45) is 10.8 Å². The Balaban J connectivity index is 0.000000354. The van der Waals surface area contributed by atoms with E-state index in [1.807, 2.05) is 88.8 Å². The first-order chi connectivity index (χ1) is 23.6. The lowest BCUT2D eigenvalue weighted by Crippen LogP contribution is -2.55. The van der Waals surface area contributed by atoms with Crippen LogP contribution in [-0.4, -0.2) is 0 Å². The smallest absolute Gasteiger partial charge is 0.0589 e. The Morgan fingerprint density at radius 3 is 0.940 bits per heavy atom. The standard InChI is InChI=1S/C20H32N2.S28/c1-16(2)11-10-12(21)15(22)14-13(11)20(9,18(16,5)6)19(7,8)17(14,3)4;1-3-5-7-9-11-13-15-17-19-21-23-25-27-28-26-24-22-20-18-16-14-12-10-8-6-4-2/h10H,21-22H2,1-9H3;. The van der Waals surface area contributed by atoms with E-state index in [0.717, 1.165) is 11.4 Å². The zero-order valence-electron chi connectivity index (χ0n) is 27.2. The molecule has 2 aliphatic carbocycles. The van der Waals surface area contributed by atoms with Gasteiger partial charge in [-0.3, -0.25) is 0 Å². The number of hydrogen-bond acceptors (Lipinski definition) is 4. The molecule has 50 heavy (non-hydrogen) atoms. The monoisotopic (exact) mass is 1200 g/mol. The SMILES string of the molecule is CC1(C)c2cc(N)c(N)c3c2C(C)(C1(C)C)C(C)(C)C3(C)C.S=S=S=S=S=S=S=S=S=S=S=S=S=S=S=S=S=S=S=S=S=S=S=S=S=S=S=S. The molecule has 0 aromatic heterocycles. The summed E-state index contributed by atoms with van der Waals surface area (Å²) in [6.07, 6.45) is 0. The second-order valence-corrected chi connectivity index (χ2v) is 57.6. The molecular formula is C20H32N2S28. The Kier molecular flexibility index (Phi) is 26.1. The van der Waals surface area contributed by atoms with Gasteiger partial charge in [0, 0.05) is 259 Å². The van der Waals surface area contributed by atoms with Crippen molar-refractivity contribution in [3.63, 3.8) is 0 Å². The molecule has 1 atom stereocenters. The van der Waals surface area contributed by atoms with Crippen LogP contribution in [-0.2, 0) is 270 Å². The maximum absolute atomic E-state index is 6.50. The van der Waals surface area contributed by atoms with E-state index in [0.29, 0.717) is 0 Å². The molecule has 0 heterocycles. The molecule has 4 N–H and O–H groups in total. The first kappa shape index (κ1) is 51.1. The molecule has 1 unspecified atom stereocenters. The van der Waals surface area contributed by atoms with Gasteiger partial charge in [0.15, 0.2) is 0 Å². The Hall–Kier alpha value is 4.98. The fourth-order valence-electron chi connectivity index (χ4n) is 5.96. The molecule has 30 heteroatoms. The molecule has 2 aliphatic rings. The van der Waals surface area contributed by atoms with Crippen molar-refractivity contribution < 1.29 is 0 Å². The zero-order chi connectivity index (χ0) is 37.5. The maximum Gasteiger partial charge on any atom is 0.0589 e. The average molecular weight is 1200 g/mol. The van der Waals surface area contributed by atoms with Crippen LogP contribution < -0.4 is 11.5 Å². The van der Waals surface area contributed by atoms with Gasteiger partial charge in [0.25, 0.3) is 0 Å². The predicted molar refractivity (Wildman–Crippen MR) is 302 cm³/mol. The second kappa shape index (κ2) is 25.6. The Morgan fingerprint density at radius 1 is 0.400 bits per heavy atom. The summed E-state index contributed by atoms with van der Waals surface area (Å²) in [4.78, 5) is 0. The van der Waals surface area contributed by atoms with Crippen LogP contribution in [0.2, 0.25) is 0 Å². The van der Waals surface area contributed by atoms with Gasteiger partial charge in [0.2, 0.25) is 0 Å². The highest BCUT2D eigenvalue weighted by molar-refractivity contribution is 8.79. The summed E-state index contributed by atoms with van der Waals surface area (Å²) in [6.45, 7) is 21.5. The number of rotatable bonds is 0. The lowest BCUT2D eigenvalue weighted by Gasteiger charge is -2.56. The van der Waals surface area contributed by atoms with Gasteiger partial charge in [-0.05, 0) is 44.4 Å². The van der Waals surface area contributed by atoms with Crippen LogP contribution >= 0.6 is 0 Å². The molecule has 0 saturated carbocycles. The van der Waals surface area contributed by atoms with E-state index in [9.17, 15) is 0 Å². The van der Waals surface area contributed by atoms with Crippen LogP contribution in [0.1, 0.15) is 79.0 Å². The third-order valence-electron chi connectivity index (χ3n) is 9.52. The largest absolute Gasteiger partial charge is 0.397 e. The van der Waals surface area contributed by atoms with Crippen LogP contribution in [0.4, 0.5) is 11.4 Å². The normalized spacial score (nSPS) is 18.3. The molecule has 2 nitrogen and oxygen atoms in total. The molecule has 0 saturated heterocycles. The van der Waals surface area contributed by atoms with Gasteiger partial charge in [0.1, 0.15) is 0 Å². The summed E-state index contributed by atoms with van der Waals surface area (Å²) in [5.41, 5.74) is 18.9. The number of anilines is 2. The van der Waals surface area contributed by atoms with Crippen molar-refractivity contribution in [3.05, 3.63) is 22.8 Å². The third-order valence-corrected chi connectivity index (χ3v) is 65.1. The molecule has 0 spiro atoms. The zero-order valence-corrected chi connectivity index (χ0v) is 50.0. The van der Waals surface area contributed by atoms with E-state index in [4.69, 9.17) is 33.8 Å². The highest BCUT2D eigenvalue weighted by Crippen LogP contribution is 2.76. The van der Waals surface area contributed by atoms with E-state index >= 15 is 0 Å². The van der Waals surface area contributed by atoms with E-state index in [-0.39, 0.29) is 27.1 Å². The number of nitrogen functional groups attached to an aromatic ring is 2. The average Bonchev–Trinajstić information content (AvgIpc) is 3.27. The van der Waals surface area contributed by atoms with E-state index < -0.39 is 0 Å². The molecule has 3 rings (SSSR count). The first-order valence-electron chi connectivity index (χ1n) is 12.9. The fourth-order valence-corrected chi connectivity index (χ4v) is 71.8. The summed E-state index contributed by atoms with van der Waals surface area (Å²) >= 11 is 9.56. The first-order valence-corrected chi connectivity index (χ1v) is 48.9. The Bertz CT molecular complexity index is 2590. The molecule has 290 valence electrons. The second-order valence-electron chi connectivity index (χ2n) is 11.6. The van der Waals surface area contributed by atoms with Gasteiger partial charge in [-0.2, -0.15) is 0 Å². The van der Waals surface area contributed by atoms with E-state index in [2.05, 4.69) is 68.4 Å². The van der Waals surface area contributed by atoms with Crippen LogP contribution in [0.5, 0.6) is 0 Å². The molecule has 0 amide bonds. The van der Waals surface area contributed by atoms with Crippen molar-refractivity contribution in [1.29, 1.82) is 0 Å². The van der Waals surface area contributed by atoms with Gasteiger partial charge >= 0.3 is 0 Å². The Labute approximate surface area is 380 Å². The minimum absolute atomic E-state index is 0.000926. The van der Waals surface area contributed by atoms with Crippen LogP contribution in [0.3, 0.4) is 0 Å². The number of hydrogen-bond donors (Lipinski definition) is 2. The molecule has 1 aromatic rings. The molecular weight excluding hydrogens is 1170 g/mol. The topological polar surface area (TPSA) is 52.0 Å². The van der Waals surface area contributed by atoms with Crippen molar-refractivity contribution in [3.8, 4) is 0 Å². The molecule has 0 radical (unpaired) electrons. The van der Waals surface area contributed by atoms with Gasteiger partial charge in [0.05, 0.1) is 11.4 Å². The van der Waals surface area contributed by atoms with Crippen molar-refractivity contribution in [2.45, 2.75) is 78.6 Å². The lowest BCUT2D eigenvalue weighted by molar-refractivity contribution is -0.0104. The summed E-state index contributed by atoms with van der Waals surface area (Å²) in [6, 6.07) is 2.15. The quantitative estimate of drug-likeness (QED) is 0.372. The number of benzene rings is 1.